The van der Waals surface area contributed by atoms with Crippen LogP contribution < -0.4 is 10.6 Å². The third kappa shape index (κ3) is 2.97. The zero-order valence-electron chi connectivity index (χ0n) is 10.9. The maximum atomic E-state index is 5.55. The molecule has 0 aromatic carbocycles. The van der Waals surface area contributed by atoms with Crippen LogP contribution in [0.15, 0.2) is 4.42 Å². The summed E-state index contributed by atoms with van der Waals surface area (Å²) < 4.78 is 5.55. The van der Waals surface area contributed by atoms with E-state index in [-0.39, 0.29) is 6.04 Å². The first-order chi connectivity index (χ1) is 8.13. The molecule has 0 bridgehead atoms. The second kappa shape index (κ2) is 5.04. The van der Waals surface area contributed by atoms with Gasteiger partial charge in [-0.2, -0.15) is 0 Å². The van der Waals surface area contributed by atoms with E-state index in [9.17, 15) is 0 Å². The van der Waals surface area contributed by atoms with Gasteiger partial charge in [-0.25, -0.2) is 0 Å². The van der Waals surface area contributed by atoms with Gasteiger partial charge in [-0.05, 0) is 32.2 Å². The molecular weight excluding hydrogens is 216 g/mol. The Labute approximate surface area is 102 Å². The lowest BCUT2D eigenvalue weighted by Crippen LogP contribution is -2.23. The van der Waals surface area contributed by atoms with E-state index in [4.69, 9.17) is 4.42 Å². The Morgan fingerprint density at radius 2 is 2.06 bits per heavy atom. The van der Waals surface area contributed by atoms with Crippen molar-refractivity contribution in [3.8, 4) is 0 Å². The first-order valence-corrected chi connectivity index (χ1v) is 6.37. The van der Waals surface area contributed by atoms with Crippen molar-refractivity contribution in [1.29, 1.82) is 0 Å². The molecule has 1 unspecified atom stereocenters. The maximum Gasteiger partial charge on any atom is 0.315 e. The summed E-state index contributed by atoms with van der Waals surface area (Å²) >= 11 is 0. The average molecular weight is 238 g/mol. The van der Waals surface area contributed by atoms with Crippen LogP contribution in [0.3, 0.4) is 0 Å². The Bertz CT molecular complexity index is 357. The number of nitrogens with one attached hydrogen (secondary N) is 2. The fourth-order valence-electron chi connectivity index (χ4n) is 2.30. The minimum atomic E-state index is 0.0973. The molecule has 2 N–H and O–H groups in total. The van der Waals surface area contributed by atoms with Crippen molar-refractivity contribution < 1.29 is 4.42 Å². The Morgan fingerprint density at radius 1 is 1.35 bits per heavy atom. The van der Waals surface area contributed by atoms with E-state index >= 15 is 0 Å². The predicted molar refractivity (Wildman–Crippen MR) is 66.8 cm³/mol. The molecule has 1 fully saturated rings. The molecule has 1 atom stereocenters. The topological polar surface area (TPSA) is 63.0 Å². The molecule has 0 aliphatic heterocycles. The van der Waals surface area contributed by atoms with Crippen LogP contribution in [-0.4, -0.2) is 23.8 Å². The summed E-state index contributed by atoms with van der Waals surface area (Å²) in [5.41, 5.74) is 0.392. The van der Waals surface area contributed by atoms with Crippen molar-refractivity contribution in [2.75, 3.05) is 18.9 Å². The average Bonchev–Trinajstić information content (AvgIpc) is 2.95. The van der Waals surface area contributed by atoms with E-state index in [2.05, 4.69) is 27.8 Å². The number of rotatable bonds is 5. The van der Waals surface area contributed by atoms with Gasteiger partial charge in [-0.3, -0.25) is 0 Å². The lowest BCUT2D eigenvalue weighted by molar-refractivity contribution is 0.355. The van der Waals surface area contributed by atoms with Crippen LogP contribution in [0.2, 0.25) is 0 Å². The number of aromatic nitrogens is 2. The van der Waals surface area contributed by atoms with E-state index in [1.165, 1.54) is 25.7 Å². The van der Waals surface area contributed by atoms with Crippen molar-refractivity contribution in [2.45, 2.75) is 45.6 Å². The molecule has 0 amide bonds. The van der Waals surface area contributed by atoms with Crippen molar-refractivity contribution >= 4 is 6.01 Å². The van der Waals surface area contributed by atoms with E-state index < -0.39 is 0 Å². The number of hydrogen-bond donors (Lipinski definition) is 2. The van der Waals surface area contributed by atoms with Gasteiger partial charge in [-0.15, -0.1) is 5.10 Å². The van der Waals surface area contributed by atoms with Gasteiger partial charge in [0.1, 0.15) is 0 Å². The highest BCUT2D eigenvalue weighted by Gasteiger charge is 2.28. The third-order valence-electron chi connectivity index (χ3n) is 3.72. The zero-order chi connectivity index (χ0) is 12.3. The summed E-state index contributed by atoms with van der Waals surface area (Å²) in [4.78, 5) is 0. The van der Waals surface area contributed by atoms with Gasteiger partial charge < -0.3 is 15.1 Å². The molecule has 5 nitrogen and oxygen atoms in total. The smallest absolute Gasteiger partial charge is 0.315 e. The largest absolute Gasteiger partial charge is 0.406 e. The second-order valence-corrected chi connectivity index (χ2v) is 5.33. The van der Waals surface area contributed by atoms with Gasteiger partial charge in [0.05, 0.1) is 6.04 Å². The molecule has 5 heteroatoms. The summed E-state index contributed by atoms with van der Waals surface area (Å²) in [6.45, 7) is 5.23. The van der Waals surface area contributed by atoms with E-state index in [0.29, 0.717) is 17.3 Å². The Balaban J connectivity index is 1.88. The summed E-state index contributed by atoms with van der Waals surface area (Å²) in [5, 5.41) is 14.4. The summed E-state index contributed by atoms with van der Waals surface area (Å²) in [7, 11) is 1.88. The highest BCUT2D eigenvalue weighted by molar-refractivity contribution is 5.18. The fourth-order valence-corrected chi connectivity index (χ4v) is 2.30. The lowest BCUT2D eigenvalue weighted by atomic mass is 9.89. The quantitative estimate of drug-likeness (QED) is 0.824. The maximum absolute atomic E-state index is 5.55. The SMILES string of the molecule is CNC(C)c1nnc(NCC2(C)CCCC2)o1. The molecule has 1 saturated carbocycles. The second-order valence-electron chi connectivity index (χ2n) is 5.33. The molecule has 2 rings (SSSR count). The van der Waals surface area contributed by atoms with Crippen LogP contribution in [-0.2, 0) is 0 Å². The van der Waals surface area contributed by atoms with Crippen molar-refractivity contribution in [2.24, 2.45) is 5.41 Å². The van der Waals surface area contributed by atoms with Gasteiger partial charge >= 0.3 is 6.01 Å². The zero-order valence-corrected chi connectivity index (χ0v) is 10.9. The van der Waals surface area contributed by atoms with Gasteiger partial charge in [0.2, 0.25) is 5.89 Å². The van der Waals surface area contributed by atoms with Crippen LogP contribution in [0, 0.1) is 5.41 Å². The molecule has 1 aliphatic rings. The summed E-state index contributed by atoms with van der Waals surface area (Å²) in [6.07, 6.45) is 5.25. The normalized spacial score (nSPS) is 20.4. The minimum absolute atomic E-state index is 0.0973. The van der Waals surface area contributed by atoms with Gasteiger partial charge in [0.25, 0.3) is 0 Å². The van der Waals surface area contributed by atoms with Crippen molar-refractivity contribution in [1.82, 2.24) is 15.5 Å². The monoisotopic (exact) mass is 238 g/mol. The molecule has 0 spiro atoms. The number of hydrogen-bond acceptors (Lipinski definition) is 5. The molecule has 1 heterocycles. The molecule has 0 radical (unpaired) electrons. The molecule has 0 saturated heterocycles. The number of anilines is 1. The highest BCUT2D eigenvalue weighted by atomic mass is 16.4. The Morgan fingerprint density at radius 3 is 2.71 bits per heavy atom. The van der Waals surface area contributed by atoms with E-state index in [1.807, 2.05) is 14.0 Å². The molecule has 1 aromatic rings. The highest BCUT2D eigenvalue weighted by Crippen LogP contribution is 2.37. The third-order valence-corrected chi connectivity index (χ3v) is 3.72. The van der Waals surface area contributed by atoms with Crippen LogP contribution >= 0.6 is 0 Å². The predicted octanol–water partition coefficient (Wildman–Crippen LogP) is 2.34. The molecular formula is C12H22N4O. The summed E-state index contributed by atoms with van der Waals surface area (Å²) in [6, 6.07) is 0.635. The first kappa shape index (κ1) is 12.4. The Hall–Kier alpha value is -1.10. The fraction of sp³-hybridized carbons (Fsp3) is 0.833. The first-order valence-electron chi connectivity index (χ1n) is 6.37. The van der Waals surface area contributed by atoms with Gasteiger partial charge in [0, 0.05) is 6.54 Å². The van der Waals surface area contributed by atoms with Crippen LogP contribution in [0.4, 0.5) is 6.01 Å². The van der Waals surface area contributed by atoms with Crippen LogP contribution in [0.1, 0.15) is 51.5 Å². The Kier molecular flexibility index (Phi) is 3.66. The molecule has 1 aliphatic carbocycles. The van der Waals surface area contributed by atoms with Gasteiger partial charge in [0.15, 0.2) is 0 Å². The van der Waals surface area contributed by atoms with E-state index in [0.717, 1.165) is 6.54 Å². The summed E-state index contributed by atoms with van der Waals surface area (Å²) in [5.74, 6) is 0.631. The van der Waals surface area contributed by atoms with Gasteiger partial charge in [-0.1, -0.05) is 24.9 Å². The van der Waals surface area contributed by atoms with Crippen molar-refractivity contribution in [3.05, 3.63) is 5.89 Å². The lowest BCUT2D eigenvalue weighted by Gasteiger charge is -2.22. The standard InChI is InChI=1S/C12H22N4O/c1-9(13-3)10-15-16-11(17-10)14-8-12(2)6-4-5-7-12/h9,13H,4-8H2,1-3H3,(H,14,16). The molecule has 96 valence electrons. The molecule has 17 heavy (non-hydrogen) atoms. The minimum Gasteiger partial charge on any atom is -0.406 e. The van der Waals surface area contributed by atoms with Crippen LogP contribution in [0.25, 0.3) is 0 Å². The van der Waals surface area contributed by atoms with Crippen molar-refractivity contribution in [3.63, 3.8) is 0 Å². The van der Waals surface area contributed by atoms with E-state index in [1.54, 1.807) is 0 Å². The van der Waals surface area contributed by atoms with Crippen LogP contribution in [0.5, 0.6) is 0 Å². The molecule has 1 aromatic heterocycles. The number of nitrogens with zero attached hydrogens (tertiary/aromatic N) is 2.